The number of H-pyrrole nitrogens is 1. The molecule has 176 valence electrons. The van der Waals surface area contributed by atoms with Crippen LogP contribution in [0.3, 0.4) is 0 Å². The maximum atomic E-state index is 13.0. The van der Waals surface area contributed by atoms with Crippen LogP contribution in [0.25, 0.3) is 0 Å². The highest BCUT2D eigenvalue weighted by molar-refractivity contribution is 7.98. The van der Waals surface area contributed by atoms with Gasteiger partial charge in [-0.3, -0.25) is 23.9 Å². The van der Waals surface area contributed by atoms with Crippen molar-refractivity contribution in [1.29, 1.82) is 0 Å². The zero-order valence-electron chi connectivity index (χ0n) is 17.9. The number of piperazine rings is 1. The van der Waals surface area contributed by atoms with Crippen molar-refractivity contribution < 1.29 is 14.0 Å². The van der Waals surface area contributed by atoms with E-state index in [0.29, 0.717) is 55.6 Å². The number of thioether (sulfide) groups is 1. The van der Waals surface area contributed by atoms with Gasteiger partial charge in [-0.15, -0.1) is 0 Å². The van der Waals surface area contributed by atoms with Gasteiger partial charge in [0.05, 0.1) is 12.4 Å². The minimum Gasteiger partial charge on any atom is -0.354 e. The van der Waals surface area contributed by atoms with Crippen molar-refractivity contribution in [1.82, 2.24) is 29.7 Å². The Kier molecular flexibility index (Phi) is 7.06. The van der Waals surface area contributed by atoms with Crippen molar-refractivity contribution in [3.8, 4) is 0 Å². The van der Waals surface area contributed by atoms with Gasteiger partial charge in [0.1, 0.15) is 6.54 Å². The molecule has 2 N–H and O–H groups in total. The number of nitrogens with zero attached hydrogens (tertiary/aromatic N) is 5. The minimum atomic E-state index is -0.597. The Balaban J connectivity index is 1.24. The highest BCUT2D eigenvalue weighted by atomic mass is 32.2. The van der Waals surface area contributed by atoms with Crippen LogP contribution in [-0.4, -0.2) is 74.7 Å². The molecule has 4 heterocycles. The van der Waals surface area contributed by atoms with Crippen LogP contribution in [0.1, 0.15) is 17.7 Å². The van der Waals surface area contributed by atoms with Gasteiger partial charge in [0.25, 0.3) is 5.56 Å². The summed E-state index contributed by atoms with van der Waals surface area (Å²) in [4.78, 5) is 62.8. The topological polar surface area (TPSA) is 133 Å². The third kappa shape index (κ3) is 5.41. The number of amides is 2. The van der Waals surface area contributed by atoms with Crippen LogP contribution >= 0.6 is 11.8 Å². The van der Waals surface area contributed by atoms with E-state index >= 15 is 0 Å². The number of rotatable bonds is 6. The molecule has 2 aliphatic heterocycles. The first-order valence-electron chi connectivity index (χ1n) is 10.6. The standard InChI is InChI=1S/C20H24FN7O4S/c21-13-9-23-19(24-10-13)27-6-4-26(5-7-27)17(30)1-3-22-16(29)11-28-15-2-8-33-12-14(15)18(31)25-20(28)32/h9-10H,1-8,11-12H2,(H,22,29)(H,25,31,32). The quantitative estimate of drug-likeness (QED) is 0.548. The normalized spacial score (nSPS) is 15.8. The van der Waals surface area contributed by atoms with Gasteiger partial charge in [-0.05, 0) is 12.2 Å². The molecule has 2 aromatic rings. The van der Waals surface area contributed by atoms with Crippen LogP contribution in [0.5, 0.6) is 0 Å². The van der Waals surface area contributed by atoms with Gasteiger partial charge in [-0.25, -0.2) is 19.2 Å². The zero-order valence-corrected chi connectivity index (χ0v) is 18.7. The molecule has 2 aromatic heterocycles. The largest absolute Gasteiger partial charge is 0.354 e. The van der Waals surface area contributed by atoms with Gasteiger partial charge < -0.3 is 15.1 Å². The smallest absolute Gasteiger partial charge is 0.329 e. The zero-order chi connectivity index (χ0) is 23.4. The molecular formula is C20H24FN7O4S. The number of carbonyl (C=O) groups is 2. The van der Waals surface area contributed by atoms with Crippen LogP contribution in [-0.2, 0) is 28.3 Å². The van der Waals surface area contributed by atoms with Crippen LogP contribution in [0.2, 0.25) is 0 Å². The predicted molar refractivity (Wildman–Crippen MR) is 120 cm³/mol. The number of aromatic nitrogens is 4. The van der Waals surface area contributed by atoms with E-state index in [4.69, 9.17) is 0 Å². The van der Waals surface area contributed by atoms with Crippen molar-refractivity contribution in [2.45, 2.75) is 25.1 Å². The van der Waals surface area contributed by atoms with E-state index in [-0.39, 0.29) is 25.4 Å². The van der Waals surface area contributed by atoms with Crippen molar-refractivity contribution in [2.24, 2.45) is 0 Å². The predicted octanol–water partition coefficient (Wildman–Crippen LogP) is -0.890. The summed E-state index contributed by atoms with van der Waals surface area (Å²) in [6.07, 6.45) is 2.91. The summed E-state index contributed by atoms with van der Waals surface area (Å²) >= 11 is 1.61. The molecule has 0 saturated carbocycles. The first-order valence-corrected chi connectivity index (χ1v) is 11.8. The summed E-state index contributed by atoms with van der Waals surface area (Å²) in [5.74, 6) is 0.739. The highest BCUT2D eigenvalue weighted by Crippen LogP contribution is 2.20. The SMILES string of the molecule is O=C(Cn1c2c(c(=O)[nH]c1=O)CSCC2)NCCC(=O)N1CCN(c2ncc(F)cn2)CC1. The van der Waals surface area contributed by atoms with E-state index < -0.39 is 23.0 Å². The number of anilines is 1. The highest BCUT2D eigenvalue weighted by Gasteiger charge is 2.23. The summed E-state index contributed by atoms with van der Waals surface area (Å²) in [5.41, 5.74) is 0.158. The Hall–Kier alpha value is -3.22. The molecule has 0 aromatic carbocycles. The summed E-state index contributed by atoms with van der Waals surface area (Å²) in [5, 5.41) is 2.68. The fourth-order valence-electron chi connectivity index (χ4n) is 3.89. The lowest BCUT2D eigenvalue weighted by atomic mass is 10.2. The molecule has 0 bridgehead atoms. The van der Waals surface area contributed by atoms with Crippen LogP contribution < -0.4 is 21.5 Å². The van der Waals surface area contributed by atoms with Crippen molar-refractivity contribution in [3.63, 3.8) is 0 Å². The molecule has 13 heteroatoms. The molecule has 0 atom stereocenters. The lowest BCUT2D eigenvalue weighted by Crippen LogP contribution is -2.49. The summed E-state index contributed by atoms with van der Waals surface area (Å²) in [6.45, 7) is 1.96. The van der Waals surface area contributed by atoms with Crippen molar-refractivity contribution in [2.75, 3.05) is 43.4 Å². The first kappa shape index (κ1) is 23.0. The molecule has 0 unspecified atom stereocenters. The lowest BCUT2D eigenvalue weighted by molar-refractivity contribution is -0.131. The number of fused-ring (bicyclic) bond motifs is 1. The average molecular weight is 478 g/mol. The van der Waals surface area contributed by atoms with Crippen molar-refractivity contribution >= 4 is 29.5 Å². The lowest BCUT2D eigenvalue weighted by Gasteiger charge is -2.34. The Labute approximate surface area is 192 Å². The molecule has 2 amide bonds. The number of nitrogens with one attached hydrogen (secondary N) is 2. The van der Waals surface area contributed by atoms with Crippen LogP contribution in [0.15, 0.2) is 22.0 Å². The van der Waals surface area contributed by atoms with Crippen LogP contribution in [0, 0.1) is 5.82 Å². The van der Waals surface area contributed by atoms with E-state index in [1.54, 1.807) is 16.7 Å². The first-order chi connectivity index (χ1) is 15.9. The fourth-order valence-corrected chi connectivity index (χ4v) is 4.88. The number of carbonyl (C=O) groups excluding carboxylic acids is 2. The third-order valence-electron chi connectivity index (χ3n) is 5.63. The van der Waals surface area contributed by atoms with Gasteiger partial charge in [-0.1, -0.05) is 0 Å². The molecule has 4 rings (SSSR count). The Morgan fingerprint density at radius 1 is 1.15 bits per heavy atom. The number of hydrogen-bond acceptors (Lipinski definition) is 8. The second-order valence-electron chi connectivity index (χ2n) is 7.74. The summed E-state index contributed by atoms with van der Waals surface area (Å²) in [6, 6.07) is 0. The molecule has 33 heavy (non-hydrogen) atoms. The number of aromatic amines is 1. The Bertz CT molecular complexity index is 1140. The second kappa shape index (κ2) is 10.1. The van der Waals surface area contributed by atoms with E-state index in [0.717, 1.165) is 18.1 Å². The van der Waals surface area contributed by atoms with Gasteiger partial charge >= 0.3 is 5.69 Å². The van der Waals surface area contributed by atoms with E-state index in [2.05, 4.69) is 20.3 Å². The molecule has 1 fully saturated rings. The van der Waals surface area contributed by atoms with E-state index in [9.17, 15) is 23.6 Å². The third-order valence-corrected chi connectivity index (χ3v) is 6.61. The molecule has 0 radical (unpaired) electrons. The molecular weight excluding hydrogens is 453 g/mol. The fraction of sp³-hybridized carbons (Fsp3) is 0.500. The minimum absolute atomic E-state index is 0.0920. The molecule has 0 spiro atoms. The number of hydrogen-bond donors (Lipinski definition) is 2. The van der Waals surface area contributed by atoms with E-state index in [1.165, 1.54) is 4.57 Å². The molecule has 2 aliphatic rings. The average Bonchev–Trinajstić information content (AvgIpc) is 2.82. The van der Waals surface area contributed by atoms with Crippen LogP contribution in [0.4, 0.5) is 10.3 Å². The maximum Gasteiger partial charge on any atom is 0.329 e. The molecule has 11 nitrogen and oxygen atoms in total. The summed E-state index contributed by atoms with van der Waals surface area (Å²) in [7, 11) is 0. The Morgan fingerprint density at radius 2 is 1.88 bits per heavy atom. The van der Waals surface area contributed by atoms with E-state index in [1.807, 2.05) is 4.90 Å². The molecule has 0 aliphatic carbocycles. The van der Waals surface area contributed by atoms with Gasteiger partial charge in [0.15, 0.2) is 5.82 Å². The summed E-state index contributed by atoms with van der Waals surface area (Å²) < 4.78 is 14.3. The number of halogens is 1. The van der Waals surface area contributed by atoms with Crippen molar-refractivity contribution in [3.05, 3.63) is 50.3 Å². The maximum absolute atomic E-state index is 13.0. The monoisotopic (exact) mass is 477 g/mol. The van der Waals surface area contributed by atoms with Gasteiger partial charge in [0, 0.05) is 56.2 Å². The molecule has 1 saturated heterocycles. The van der Waals surface area contributed by atoms with Gasteiger partial charge in [-0.2, -0.15) is 11.8 Å². The Morgan fingerprint density at radius 3 is 2.61 bits per heavy atom. The van der Waals surface area contributed by atoms with Gasteiger partial charge in [0.2, 0.25) is 17.8 Å². The second-order valence-corrected chi connectivity index (χ2v) is 8.85.